The number of alkyl halides is 1. The summed E-state index contributed by atoms with van der Waals surface area (Å²) >= 11 is 0. The number of hydrogen-bond acceptors (Lipinski definition) is 5. The van der Waals surface area contributed by atoms with E-state index in [-0.39, 0.29) is 29.9 Å². The maximum atomic E-state index is 15.5. The minimum absolute atomic E-state index is 0.0182. The lowest BCUT2D eigenvalue weighted by Crippen LogP contribution is -2.43. The van der Waals surface area contributed by atoms with Gasteiger partial charge in [-0.05, 0) is 67.9 Å². The molecule has 0 aromatic heterocycles. The van der Waals surface area contributed by atoms with Crippen LogP contribution in [0.25, 0.3) is 11.1 Å². The molecule has 9 heteroatoms. The monoisotopic (exact) mass is 502 g/mol. The van der Waals surface area contributed by atoms with Crippen LogP contribution in [0.15, 0.2) is 49.2 Å². The zero-order valence-corrected chi connectivity index (χ0v) is 20.6. The van der Waals surface area contributed by atoms with Crippen LogP contribution in [-0.2, 0) is 14.3 Å². The Hall–Kier alpha value is -3.75. The molecule has 1 aliphatic rings. The summed E-state index contributed by atoms with van der Waals surface area (Å²) < 4.78 is 55.8. The number of carbonyl (C=O) groups is 2. The molecule has 2 aromatic carbocycles. The molecule has 3 rings (SSSR count). The van der Waals surface area contributed by atoms with Crippen LogP contribution in [0, 0.1) is 25.5 Å². The van der Waals surface area contributed by atoms with Gasteiger partial charge in [-0.25, -0.2) is 8.78 Å². The summed E-state index contributed by atoms with van der Waals surface area (Å²) in [5, 5.41) is 5.35. The van der Waals surface area contributed by atoms with Gasteiger partial charge < -0.3 is 20.1 Å². The Morgan fingerprint density at radius 2 is 1.97 bits per heavy atom. The zero-order chi connectivity index (χ0) is 26.6. The van der Waals surface area contributed by atoms with E-state index in [4.69, 9.17) is 9.47 Å². The molecule has 6 nitrogen and oxygen atoms in total. The predicted octanol–water partition coefficient (Wildman–Crippen LogP) is 5.10. The van der Waals surface area contributed by atoms with Gasteiger partial charge in [-0.15, -0.1) is 0 Å². The molecule has 0 fully saturated rings. The van der Waals surface area contributed by atoms with Crippen LogP contribution in [0.2, 0.25) is 0 Å². The molecule has 0 saturated carbocycles. The normalized spacial score (nSPS) is 22.5. The average Bonchev–Trinajstić information content (AvgIpc) is 2.77. The highest BCUT2D eigenvalue weighted by Crippen LogP contribution is 2.39. The van der Waals surface area contributed by atoms with Crippen molar-refractivity contribution in [2.24, 2.45) is 0 Å². The van der Waals surface area contributed by atoms with E-state index in [2.05, 4.69) is 17.2 Å². The van der Waals surface area contributed by atoms with Crippen molar-refractivity contribution in [1.82, 2.24) is 10.6 Å². The van der Waals surface area contributed by atoms with Gasteiger partial charge >= 0.3 is 5.97 Å². The first-order valence-corrected chi connectivity index (χ1v) is 11.5. The number of amides is 1. The van der Waals surface area contributed by atoms with Gasteiger partial charge in [0, 0.05) is 24.1 Å². The molecule has 192 valence electrons. The van der Waals surface area contributed by atoms with Crippen LogP contribution in [0.4, 0.5) is 13.2 Å². The van der Waals surface area contributed by atoms with Gasteiger partial charge in [0.1, 0.15) is 23.4 Å². The third kappa shape index (κ3) is 6.08. The molecule has 0 saturated heterocycles. The van der Waals surface area contributed by atoms with Crippen molar-refractivity contribution in [2.75, 3.05) is 6.61 Å². The molecule has 1 amide bonds. The van der Waals surface area contributed by atoms with Gasteiger partial charge in [-0.1, -0.05) is 12.7 Å². The topological polar surface area (TPSA) is 76.7 Å². The Kier molecular flexibility index (Phi) is 8.12. The van der Waals surface area contributed by atoms with E-state index in [1.807, 2.05) is 0 Å². The van der Waals surface area contributed by atoms with Crippen LogP contribution in [-0.4, -0.2) is 30.4 Å². The van der Waals surface area contributed by atoms with E-state index >= 15 is 8.78 Å². The van der Waals surface area contributed by atoms with E-state index in [9.17, 15) is 14.0 Å². The van der Waals surface area contributed by atoms with E-state index in [1.54, 1.807) is 13.8 Å². The van der Waals surface area contributed by atoms with Crippen molar-refractivity contribution in [3.63, 3.8) is 0 Å². The molecule has 1 heterocycles. The van der Waals surface area contributed by atoms with Crippen molar-refractivity contribution in [2.45, 2.75) is 52.1 Å². The highest BCUT2D eigenvalue weighted by atomic mass is 19.2. The Morgan fingerprint density at radius 3 is 2.64 bits per heavy atom. The molecule has 0 aliphatic carbocycles. The van der Waals surface area contributed by atoms with Crippen molar-refractivity contribution in [3.05, 3.63) is 77.5 Å². The standard InChI is InChI=1S/C27H29F3N2O4/c1-6-31-20-8-9-27(5,30)36-22-13-18(28)11-15(3)24(22)17-10-16(4)25(29)19(12-17)21(32-26(20)34)14-23(33)35-7-2/h6,8-13,20-21,31H,1,7,14H2,2-5H3,(H,32,34)/b9-8+/t20-,21-,27?/m0/s1. The van der Waals surface area contributed by atoms with Crippen molar-refractivity contribution in [1.29, 1.82) is 0 Å². The fourth-order valence-electron chi connectivity index (χ4n) is 4.11. The molecule has 36 heavy (non-hydrogen) atoms. The summed E-state index contributed by atoms with van der Waals surface area (Å²) in [6, 6.07) is 3.02. The first-order valence-electron chi connectivity index (χ1n) is 11.5. The van der Waals surface area contributed by atoms with Crippen LogP contribution >= 0.6 is 0 Å². The molecule has 2 bridgehead atoms. The molecule has 1 unspecified atom stereocenters. The second kappa shape index (κ2) is 10.9. The van der Waals surface area contributed by atoms with E-state index in [0.29, 0.717) is 16.7 Å². The van der Waals surface area contributed by atoms with E-state index in [0.717, 1.165) is 19.1 Å². The van der Waals surface area contributed by atoms with Gasteiger partial charge in [-0.3, -0.25) is 9.59 Å². The number of nitrogens with one attached hydrogen (secondary N) is 2. The first kappa shape index (κ1) is 26.8. The maximum absolute atomic E-state index is 15.5. The second-order valence-electron chi connectivity index (χ2n) is 8.66. The fourth-order valence-corrected chi connectivity index (χ4v) is 4.11. The average molecular weight is 503 g/mol. The van der Waals surface area contributed by atoms with Gasteiger partial charge in [0.15, 0.2) is 0 Å². The summed E-state index contributed by atoms with van der Waals surface area (Å²) in [5.41, 5.74) is 1.40. The highest BCUT2D eigenvalue weighted by Gasteiger charge is 2.30. The van der Waals surface area contributed by atoms with Crippen LogP contribution in [0.5, 0.6) is 5.75 Å². The quantitative estimate of drug-likeness (QED) is 0.440. The van der Waals surface area contributed by atoms with Crippen molar-refractivity contribution < 1.29 is 32.2 Å². The Balaban J connectivity index is 2.31. The van der Waals surface area contributed by atoms with Crippen LogP contribution in [0.1, 0.15) is 43.0 Å². The number of hydrogen-bond donors (Lipinski definition) is 2. The van der Waals surface area contributed by atoms with Gasteiger partial charge in [-0.2, -0.15) is 4.39 Å². The highest BCUT2D eigenvalue weighted by molar-refractivity contribution is 5.85. The minimum atomic E-state index is -2.44. The summed E-state index contributed by atoms with van der Waals surface area (Å²) in [7, 11) is 0. The second-order valence-corrected chi connectivity index (χ2v) is 8.66. The summed E-state index contributed by atoms with van der Waals surface area (Å²) in [6.45, 7) is 9.52. The summed E-state index contributed by atoms with van der Waals surface area (Å²) in [6.07, 6.45) is 3.11. The zero-order valence-electron chi connectivity index (χ0n) is 20.6. The largest absolute Gasteiger partial charge is 0.466 e. The fraction of sp³-hybridized carbons (Fsp3) is 0.333. The predicted molar refractivity (Wildman–Crippen MR) is 130 cm³/mol. The molecule has 1 aliphatic heterocycles. The maximum Gasteiger partial charge on any atom is 0.308 e. The molecule has 0 radical (unpaired) electrons. The van der Waals surface area contributed by atoms with Crippen molar-refractivity contribution in [3.8, 4) is 16.9 Å². The lowest BCUT2D eigenvalue weighted by Gasteiger charge is -2.23. The Bertz CT molecular complexity index is 1210. The number of ether oxygens (including phenoxy) is 2. The van der Waals surface area contributed by atoms with Gasteiger partial charge in [0.2, 0.25) is 5.91 Å². The Labute approximate surface area is 208 Å². The van der Waals surface area contributed by atoms with E-state index < -0.39 is 41.4 Å². The first-order chi connectivity index (χ1) is 17.0. The third-order valence-corrected chi connectivity index (χ3v) is 5.68. The number of fused-ring (bicyclic) bond motifs is 4. The molecular weight excluding hydrogens is 473 g/mol. The van der Waals surface area contributed by atoms with Crippen LogP contribution in [0.3, 0.4) is 0 Å². The number of benzene rings is 2. The summed E-state index contributed by atoms with van der Waals surface area (Å²) in [5.74, 6) is -5.13. The van der Waals surface area contributed by atoms with Crippen LogP contribution < -0.4 is 15.4 Å². The number of halogens is 3. The molecule has 2 N–H and O–H groups in total. The molecule has 0 spiro atoms. The third-order valence-electron chi connectivity index (χ3n) is 5.68. The minimum Gasteiger partial charge on any atom is -0.466 e. The van der Waals surface area contributed by atoms with Crippen molar-refractivity contribution >= 4 is 11.9 Å². The lowest BCUT2D eigenvalue weighted by atomic mass is 9.92. The molecule has 3 atom stereocenters. The number of carbonyl (C=O) groups excluding carboxylic acids is 2. The number of rotatable bonds is 5. The van der Waals surface area contributed by atoms with Gasteiger partial charge in [0.05, 0.1) is 19.1 Å². The van der Waals surface area contributed by atoms with Gasteiger partial charge in [0.25, 0.3) is 5.85 Å². The number of aryl methyl sites for hydroxylation is 2. The molecular formula is C27H29F3N2O4. The lowest BCUT2D eigenvalue weighted by molar-refractivity contribution is -0.143. The van der Waals surface area contributed by atoms with E-state index in [1.165, 1.54) is 37.4 Å². The number of esters is 1. The smallest absolute Gasteiger partial charge is 0.308 e. The molecule has 2 aromatic rings. The SMILES string of the molecule is C=CN[C@H]1/C=C/C(C)(F)Oc2cc(F)cc(C)c2-c2cc(C)c(F)c(c2)[C@H](CC(=O)OCC)NC1=O. The summed E-state index contributed by atoms with van der Waals surface area (Å²) in [4.78, 5) is 25.5. The Morgan fingerprint density at radius 1 is 1.25 bits per heavy atom.